The van der Waals surface area contributed by atoms with Crippen LogP contribution in [-0.2, 0) is 0 Å². The number of allylic oxidation sites excluding steroid dienone is 1. The number of fused-ring (bicyclic) bond motifs is 1. The second kappa shape index (κ2) is 9.73. The SMILES string of the molecule is C=CC(=C)Nc1cc(Nc2ncc3cccc(Br)c3n2)ccc1N(C)CCN(C)C. The van der Waals surface area contributed by atoms with Gasteiger partial charge in [0.05, 0.1) is 16.9 Å². The van der Waals surface area contributed by atoms with Crippen LogP contribution in [0, 0.1) is 0 Å². The smallest absolute Gasteiger partial charge is 0.227 e. The van der Waals surface area contributed by atoms with Crippen LogP contribution in [0.1, 0.15) is 0 Å². The van der Waals surface area contributed by atoms with Crippen molar-refractivity contribution in [2.75, 3.05) is 49.8 Å². The molecule has 0 unspecified atom stereocenters. The first-order valence-corrected chi connectivity index (χ1v) is 10.4. The molecule has 2 aromatic carbocycles. The van der Waals surface area contributed by atoms with Gasteiger partial charge < -0.3 is 20.4 Å². The molecule has 0 aliphatic rings. The van der Waals surface area contributed by atoms with Crippen LogP contribution in [-0.4, -0.2) is 49.1 Å². The Morgan fingerprint density at radius 2 is 1.97 bits per heavy atom. The van der Waals surface area contributed by atoms with Gasteiger partial charge in [0, 0.05) is 47.6 Å². The first-order chi connectivity index (χ1) is 14.4. The number of nitrogens with zero attached hydrogens (tertiary/aromatic N) is 4. The average Bonchev–Trinajstić information content (AvgIpc) is 2.72. The zero-order valence-corrected chi connectivity index (χ0v) is 19.2. The lowest BCUT2D eigenvalue weighted by molar-refractivity contribution is 0.416. The number of hydrogen-bond acceptors (Lipinski definition) is 6. The topological polar surface area (TPSA) is 56.3 Å². The van der Waals surface area contributed by atoms with Crippen molar-refractivity contribution in [3.63, 3.8) is 0 Å². The molecular weight excluding hydrogens is 440 g/mol. The minimum Gasteiger partial charge on any atom is -0.372 e. The first kappa shape index (κ1) is 21.8. The van der Waals surface area contributed by atoms with Crippen LogP contribution >= 0.6 is 15.9 Å². The van der Waals surface area contributed by atoms with E-state index in [9.17, 15) is 0 Å². The summed E-state index contributed by atoms with van der Waals surface area (Å²) in [4.78, 5) is 13.5. The molecule has 0 spiro atoms. The fourth-order valence-electron chi connectivity index (χ4n) is 2.95. The Labute approximate surface area is 186 Å². The van der Waals surface area contributed by atoms with E-state index in [0.29, 0.717) is 5.95 Å². The molecule has 7 heteroatoms. The predicted molar refractivity (Wildman–Crippen MR) is 132 cm³/mol. The number of nitrogens with one attached hydrogen (secondary N) is 2. The molecular formula is C23H27BrN6. The molecule has 0 saturated carbocycles. The van der Waals surface area contributed by atoms with Gasteiger partial charge >= 0.3 is 0 Å². The van der Waals surface area contributed by atoms with Crippen LogP contribution in [0.2, 0.25) is 0 Å². The number of hydrogen-bond donors (Lipinski definition) is 2. The van der Waals surface area contributed by atoms with E-state index < -0.39 is 0 Å². The molecule has 0 fully saturated rings. The zero-order chi connectivity index (χ0) is 21.7. The van der Waals surface area contributed by atoms with Crippen molar-refractivity contribution in [1.29, 1.82) is 0 Å². The number of aromatic nitrogens is 2. The van der Waals surface area contributed by atoms with Crippen LogP contribution in [0.15, 0.2) is 72.0 Å². The Hall–Kier alpha value is -2.90. The number of anilines is 4. The molecule has 1 aromatic heterocycles. The maximum atomic E-state index is 4.64. The highest BCUT2D eigenvalue weighted by molar-refractivity contribution is 9.10. The monoisotopic (exact) mass is 466 g/mol. The molecule has 0 atom stereocenters. The number of para-hydroxylation sites is 1. The number of likely N-dealkylation sites (N-methyl/N-ethyl adjacent to an activating group) is 2. The molecule has 3 aromatic rings. The highest BCUT2D eigenvalue weighted by Gasteiger charge is 2.11. The van der Waals surface area contributed by atoms with Crippen molar-refractivity contribution < 1.29 is 0 Å². The van der Waals surface area contributed by atoms with Crippen LogP contribution in [0.5, 0.6) is 0 Å². The molecule has 3 rings (SSSR count). The fraction of sp³-hybridized carbons (Fsp3) is 0.217. The minimum atomic E-state index is 0.539. The Bertz CT molecular complexity index is 1060. The van der Waals surface area contributed by atoms with Crippen molar-refractivity contribution in [3.8, 4) is 0 Å². The van der Waals surface area contributed by atoms with Gasteiger partial charge in [-0.1, -0.05) is 25.3 Å². The van der Waals surface area contributed by atoms with Crippen LogP contribution in [0.4, 0.5) is 23.0 Å². The van der Waals surface area contributed by atoms with Gasteiger partial charge in [-0.2, -0.15) is 0 Å². The van der Waals surface area contributed by atoms with Gasteiger partial charge in [-0.05, 0) is 60.4 Å². The molecule has 0 bridgehead atoms. The summed E-state index contributed by atoms with van der Waals surface area (Å²) in [5.74, 6) is 0.539. The third-order valence-corrected chi connectivity index (χ3v) is 5.29. The molecule has 0 aliphatic heterocycles. The number of rotatable bonds is 9. The third-order valence-electron chi connectivity index (χ3n) is 4.65. The first-order valence-electron chi connectivity index (χ1n) is 9.64. The summed E-state index contributed by atoms with van der Waals surface area (Å²) in [6, 6.07) is 12.1. The largest absolute Gasteiger partial charge is 0.372 e. The lowest BCUT2D eigenvalue weighted by atomic mass is 10.2. The van der Waals surface area contributed by atoms with E-state index in [0.717, 1.165) is 51.2 Å². The Balaban J connectivity index is 1.89. The second-order valence-electron chi connectivity index (χ2n) is 7.31. The zero-order valence-electron chi connectivity index (χ0n) is 17.6. The Morgan fingerprint density at radius 1 is 1.17 bits per heavy atom. The van der Waals surface area contributed by atoms with Crippen molar-refractivity contribution in [3.05, 3.63) is 72.0 Å². The van der Waals surface area contributed by atoms with Crippen molar-refractivity contribution in [1.82, 2.24) is 14.9 Å². The highest BCUT2D eigenvalue weighted by Crippen LogP contribution is 2.31. The summed E-state index contributed by atoms with van der Waals surface area (Å²) in [5, 5.41) is 7.63. The van der Waals surface area contributed by atoms with Crippen LogP contribution in [0.3, 0.4) is 0 Å². The minimum absolute atomic E-state index is 0.539. The molecule has 6 nitrogen and oxygen atoms in total. The lowest BCUT2D eigenvalue weighted by Crippen LogP contribution is -2.29. The van der Waals surface area contributed by atoms with E-state index in [4.69, 9.17) is 0 Å². The predicted octanol–water partition coefficient (Wildman–Crippen LogP) is 5.25. The summed E-state index contributed by atoms with van der Waals surface area (Å²) >= 11 is 3.56. The summed E-state index contributed by atoms with van der Waals surface area (Å²) in [5.41, 5.74) is 4.50. The Morgan fingerprint density at radius 3 is 2.70 bits per heavy atom. The van der Waals surface area contributed by atoms with E-state index in [2.05, 4.69) is 86.7 Å². The van der Waals surface area contributed by atoms with Gasteiger partial charge in [-0.3, -0.25) is 0 Å². The standard InChI is InChI=1S/C23H27BrN6/c1-6-16(2)26-20-14-18(10-11-21(20)30(5)13-12-29(3)4)27-23-25-15-17-8-7-9-19(24)22(17)28-23/h6-11,14-15,26H,1-2,12-13H2,3-5H3,(H,25,27,28). The number of benzene rings is 2. The fourth-order valence-corrected chi connectivity index (χ4v) is 3.42. The van der Waals surface area contributed by atoms with Crippen molar-refractivity contribution in [2.45, 2.75) is 0 Å². The molecule has 1 heterocycles. The molecule has 2 N–H and O–H groups in total. The maximum absolute atomic E-state index is 4.64. The molecule has 0 amide bonds. The van der Waals surface area contributed by atoms with E-state index in [1.807, 2.05) is 36.5 Å². The molecule has 30 heavy (non-hydrogen) atoms. The van der Waals surface area contributed by atoms with E-state index in [1.165, 1.54) is 0 Å². The van der Waals surface area contributed by atoms with Gasteiger partial charge in [-0.15, -0.1) is 0 Å². The average molecular weight is 467 g/mol. The summed E-state index contributed by atoms with van der Waals surface area (Å²) < 4.78 is 0.938. The molecule has 0 radical (unpaired) electrons. The van der Waals surface area contributed by atoms with Gasteiger partial charge in [-0.25, -0.2) is 9.97 Å². The van der Waals surface area contributed by atoms with Crippen LogP contribution in [0.25, 0.3) is 10.9 Å². The van der Waals surface area contributed by atoms with Gasteiger partial charge in [0.15, 0.2) is 0 Å². The van der Waals surface area contributed by atoms with E-state index in [1.54, 1.807) is 6.08 Å². The third kappa shape index (κ3) is 5.37. The van der Waals surface area contributed by atoms with E-state index in [-0.39, 0.29) is 0 Å². The summed E-state index contributed by atoms with van der Waals surface area (Å²) in [6.45, 7) is 9.65. The van der Waals surface area contributed by atoms with Crippen LogP contribution < -0.4 is 15.5 Å². The highest BCUT2D eigenvalue weighted by atomic mass is 79.9. The normalized spacial score (nSPS) is 10.8. The molecule has 0 aliphatic carbocycles. The van der Waals surface area contributed by atoms with Gasteiger partial charge in [0.25, 0.3) is 0 Å². The molecule has 156 valence electrons. The summed E-state index contributed by atoms with van der Waals surface area (Å²) in [6.07, 6.45) is 3.52. The van der Waals surface area contributed by atoms with Gasteiger partial charge in [0.1, 0.15) is 0 Å². The lowest BCUT2D eigenvalue weighted by Gasteiger charge is -2.25. The molecule has 0 saturated heterocycles. The van der Waals surface area contributed by atoms with Crippen molar-refractivity contribution >= 4 is 49.8 Å². The second-order valence-corrected chi connectivity index (χ2v) is 8.16. The van der Waals surface area contributed by atoms with E-state index >= 15 is 0 Å². The van der Waals surface area contributed by atoms with Crippen molar-refractivity contribution in [2.24, 2.45) is 0 Å². The van der Waals surface area contributed by atoms with Gasteiger partial charge in [0.2, 0.25) is 5.95 Å². The Kier molecular flexibility index (Phi) is 7.07. The summed E-state index contributed by atoms with van der Waals surface area (Å²) in [7, 11) is 6.22. The number of halogens is 1. The quantitative estimate of drug-likeness (QED) is 0.420. The maximum Gasteiger partial charge on any atom is 0.227 e.